The Hall–Kier alpha value is -1.26. The van der Waals surface area contributed by atoms with Gasteiger partial charge < -0.3 is 10.1 Å². The molecule has 0 aromatic heterocycles. The number of benzene rings is 2. The molecule has 1 atom stereocenters. The van der Waals surface area contributed by atoms with Crippen LogP contribution in [-0.2, 0) is 6.54 Å². The molecule has 0 saturated carbocycles. The highest BCUT2D eigenvalue weighted by Crippen LogP contribution is 2.24. The predicted molar refractivity (Wildman–Crippen MR) is 107 cm³/mol. The third-order valence-electron chi connectivity index (χ3n) is 4.42. The largest absolute Gasteiger partial charge is 0.497 e. The Morgan fingerprint density at radius 1 is 1.04 bits per heavy atom. The van der Waals surface area contributed by atoms with Gasteiger partial charge in [0.1, 0.15) is 5.75 Å². The van der Waals surface area contributed by atoms with Crippen molar-refractivity contribution in [2.75, 3.05) is 26.7 Å². The van der Waals surface area contributed by atoms with Crippen molar-refractivity contribution < 1.29 is 4.74 Å². The molecule has 0 aliphatic carbocycles. The van der Waals surface area contributed by atoms with E-state index in [1.54, 1.807) is 13.2 Å². The minimum atomic E-state index is 0.298. The Labute approximate surface area is 160 Å². The fourth-order valence-corrected chi connectivity index (χ4v) is 3.43. The number of ether oxygens (including phenoxy) is 1. The van der Waals surface area contributed by atoms with E-state index < -0.39 is 0 Å². The fourth-order valence-electron chi connectivity index (χ4n) is 2.96. The highest BCUT2D eigenvalue weighted by atomic mass is 35.5. The summed E-state index contributed by atoms with van der Waals surface area (Å²) >= 11 is 12.2. The van der Waals surface area contributed by atoms with Crippen LogP contribution in [0.15, 0.2) is 42.5 Å². The van der Waals surface area contributed by atoms with E-state index in [-0.39, 0.29) is 0 Å². The molecule has 0 fully saturated rings. The van der Waals surface area contributed by atoms with Crippen molar-refractivity contribution in [2.45, 2.75) is 26.4 Å². The molecule has 0 heterocycles. The van der Waals surface area contributed by atoms with Gasteiger partial charge in [-0.1, -0.05) is 55.2 Å². The Bertz CT molecular complexity index is 657. The zero-order chi connectivity index (χ0) is 18.2. The molecule has 0 bridgehead atoms. The molecule has 136 valence electrons. The van der Waals surface area contributed by atoms with Crippen LogP contribution in [0.4, 0.5) is 0 Å². The van der Waals surface area contributed by atoms with Gasteiger partial charge in [0.15, 0.2) is 0 Å². The van der Waals surface area contributed by atoms with E-state index in [1.165, 1.54) is 5.56 Å². The van der Waals surface area contributed by atoms with Gasteiger partial charge in [-0.3, -0.25) is 4.90 Å². The highest BCUT2D eigenvalue weighted by molar-refractivity contribution is 6.35. The van der Waals surface area contributed by atoms with Gasteiger partial charge in [-0.05, 0) is 48.5 Å². The summed E-state index contributed by atoms with van der Waals surface area (Å²) in [4.78, 5) is 2.44. The maximum absolute atomic E-state index is 6.26. The fraction of sp³-hybridized carbons (Fsp3) is 0.400. The average Bonchev–Trinajstić information content (AvgIpc) is 2.63. The Balaban J connectivity index is 2.07. The predicted octanol–water partition coefficient (Wildman–Crippen LogP) is 5.17. The van der Waals surface area contributed by atoms with Crippen LogP contribution in [0.3, 0.4) is 0 Å². The molecule has 0 saturated heterocycles. The second-order valence-electron chi connectivity index (χ2n) is 5.88. The van der Waals surface area contributed by atoms with Crippen LogP contribution in [0.1, 0.15) is 31.0 Å². The van der Waals surface area contributed by atoms with E-state index in [2.05, 4.69) is 36.2 Å². The summed E-state index contributed by atoms with van der Waals surface area (Å²) in [6.45, 7) is 7.93. The quantitative estimate of drug-likeness (QED) is 0.648. The standard InChI is InChI=1S/C20H26Cl2N2O/c1-4-24(5-2)20(15-7-10-18(25-3)11-8-15)14-23-13-16-6-9-17(21)12-19(16)22/h6-12,20,23H,4-5,13-14H2,1-3H3. The molecular weight excluding hydrogens is 355 g/mol. The number of nitrogens with one attached hydrogen (secondary N) is 1. The van der Waals surface area contributed by atoms with E-state index >= 15 is 0 Å². The summed E-state index contributed by atoms with van der Waals surface area (Å²) < 4.78 is 5.27. The number of likely N-dealkylation sites (N-methyl/N-ethyl adjacent to an activating group) is 1. The number of rotatable bonds is 9. The van der Waals surface area contributed by atoms with Crippen LogP contribution in [-0.4, -0.2) is 31.6 Å². The first kappa shape index (κ1) is 20.1. The lowest BCUT2D eigenvalue weighted by Crippen LogP contribution is -2.35. The molecule has 25 heavy (non-hydrogen) atoms. The van der Waals surface area contributed by atoms with E-state index in [0.717, 1.165) is 30.9 Å². The second-order valence-corrected chi connectivity index (χ2v) is 6.72. The lowest BCUT2D eigenvalue weighted by atomic mass is 10.0. The molecule has 0 radical (unpaired) electrons. The smallest absolute Gasteiger partial charge is 0.118 e. The van der Waals surface area contributed by atoms with Crippen LogP contribution in [0.25, 0.3) is 0 Å². The second kappa shape index (κ2) is 10.0. The molecule has 0 aliphatic heterocycles. The first-order valence-electron chi connectivity index (χ1n) is 8.61. The molecule has 2 aromatic carbocycles. The maximum atomic E-state index is 6.26. The van der Waals surface area contributed by atoms with Crippen LogP contribution in [0.2, 0.25) is 10.0 Å². The summed E-state index contributed by atoms with van der Waals surface area (Å²) in [5.74, 6) is 0.878. The van der Waals surface area contributed by atoms with Gasteiger partial charge >= 0.3 is 0 Å². The molecule has 2 aromatic rings. The number of hydrogen-bond donors (Lipinski definition) is 1. The third-order valence-corrected chi connectivity index (χ3v) is 5.01. The molecular formula is C20H26Cl2N2O. The molecule has 1 N–H and O–H groups in total. The van der Waals surface area contributed by atoms with Crippen molar-refractivity contribution in [1.29, 1.82) is 0 Å². The number of methoxy groups -OCH3 is 1. The lowest BCUT2D eigenvalue weighted by Gasteiger charge is -2.30. The van der Waals surface area contributed by atoms with E-state index in [9.17, 15) is 0 Å². The molecule has 2 rings (SSSR count). The molecule has 0 spiro atoms. The third kappa shape index (κ3) is 5.61. The van der Waals surface area contributed by atoms with Crippen LogP contribution < -0.4 is 10.1 Å². The van der Waals surface area contributed by atoms with Gasteiger partial charge in [0.25, 0.3) is 0 Å². The van der Waals surface area contributed by atoms with Crippen LogP contribution in [0, 0.1) is 0 Å². The van der Waals surface area contributed by atoms with E-state index in [4.69, 9.17) is 27.9 Å². The Kier molecular flexibility index (Phi) is 8.04. The van der Waals surface area contributed by atoms with Crippen LogP contribution in [0.5, 0.6) is 5.75 Å². The minimum Gasteiger partial charge on any atom is -0.497 e. The van der Waals surface area contributed by atoms with E-state index in [1.807, 2.05) is 24.3 Å². The van der Waals surface area contributed by atoms with Gasteiger partial charge in [0, 0.05) is 29.2 Å². The Morgan fingerprint density at radius 2 is 1.72 bits per heavy atom. The van der Waals surface area contributed by atoms with Crippen LogP contribution >= 0.6 is 23.2 Å². The monoisotopic (exact) mass is 380 g/mol. The van der Waals surface area contributed by atoms with Gasteiger partial charge in [-0.25, -0.2) is 0 Å². The van der Waals surface area contributed by atoms with Crippen molar-refractivity contribution >= 4 is 23.2 Å². The first-order chi connectivity index (χ1) is 12.1. The molecule has 5 heteroatoms. The van der Waals surface area contributed by atoms with Gasteiger partial charge in [-0.2, -0.15) is 0 Å². The first-order valence-corrected chi connectivity index (χ1v) is 9.37. The summed E-state index contributed by atoms with van der Waals surface area (Å²) in [5, 5.41) is 4.90. The van der Waals surface area contributed by atoms with Crippen molar-refractivity contribution in [3.05, 3.63) is 63.6 Å². The normalized spacial score (nSPS) is 12.4. The zero-order valence-electron chi connectivity index (χ0n) is 15.1. The minimum absolute atomic E-state index is 0.298. The number of hydrogen-bond acceptors (Lipinski definition) is 3. The SMILES string of the molecule is CCN(CC)C(CNCc1ccc(Cl)cc1Cl)c1ccc(OC)cc1. The summed E-state index contributed by atoms with van der Waals surface area (Å²) in [6.07, 6.45) is 0. The van der Waals surface area contributed by atoms with Gasteiger partial charge in [0.2, 0.25) is 0 Å². The molecule has 1 unspecified atom stereocenters. The average molecular weight is 381 g/mol. The van der Waals surface area contributed by atoms with Crippen molar-refractivity contribution in [2.24, 2.45) is 0 Å². The highest BCUT2D eigenvalue weighted by Gasteiger charge is 2.17. The Morgan fingerprint density at radius 3 is 2.28 bits per heavy atom. The number of nitrogens with zero attached hydrogens (tertiary/aromatic N) is 1. The molecule has 0 aliphatic rings. The van der Waals surface area contributed by atoms with Gasteiger partial charge in [-0.15, -0.1) is 0 Å². The topological polar surface area (TPSA) is 24.5 Å². The lowest BCUT2D eigenvalue weighted by molar-refractivity contribution is 0.213. The molecule has 3 nitrogen and oxygen atoms in total. The summed E-state index contributed by atoms with van der Waals surface area (Å²) in [6, 6.07) is 14.2. The summed E-state index contributed by atoms with van der Waals surface area (Å²) in [7, 11) is 1.69. The van der Waals surface area contributed by atoms with Crippen molar-refractivity contribution in [1.82, 2.24) is 10.2 Å². The molecule has 0 amide bonds. The van der Waals surface area contributed by atoms with Gasteiger partial charge in [0.05, 0.1) is 7.11 Å². The van der Waals surface area contributed by atoms with E-state index in [0.29, 0.717) is 22.6 Å². The maximum Gasteiger partial charge on any atom is 0.118 e. The summed E-state index contributed by atoms with van der Waals surface area (Å²) in [5.41, 5.74) is 2.33. The van der Waals surface area contributed by atoms with Crippen molar-refractivity contribution in [3.8, 4) is 5.75 Å². The van der Waals surface area contributed by atoms with Crippen molar-refractivity contribution in [3.63, 3.8) is 0 Å². The number of halogens is 2. The zero-order valence-corrected chi connectivity index (χ0v) is 16.6.